The first kappa shape index (κ1) is 22.8. The minimum atomic E-state index is -0.0819. The summed E-state index contributed by atoms with van der Waals surface area (Å²) in [5.74, 6) is 0. The van der Waals surface area contributed by atoms with E-state index in [-0.39, 0.29) is 5.41 Å². The predicted molar refractivity (Wildman–Crippen MR) is 176 cm³/mol. The summed E-state index contributed by atoms with van der Waals surface area (Å²) in [7, 11) is 0. The van der Waals surface area contributed by atoms with E-state index in [0.29, 0.717) is 0 Å². The molecular formula is C41H28. The third-order valence-electron chi connectivity index (χ3n) is 9.62. The van der Waals surface area contributed by atoms with Crippen molar-refractivity contribution in [2.45, 2.75) is 19.3 Å². The van der Waals surface area contributed by atoms with Crippen LogP contribution in [0.4, 0.5) is 0 Å². The van der Waals surface area contributed by atoms with Crippen LogP contribution >= 0.6 is 0 Å². The van der Waals surface area contributed by atoms with E-state index < -0.39 is 0 Å². The normalized spacial score (nSPS) is 13.8. The predicted octanol–water partition coefficient (Wildman–Crippen LogP) is 11.4. The van der Waals surface area contributed by atoms with Crippen molar-refractivity contribution in [1.82, 2.24) is 0 Å². The number of hydrogen-bond donors (Lipinski definition) is 0. The van der Waals surface area contributed by atoms with Crippen LogP contribution in [0.5, 0.6) is 0 Å². The molecule has 0 N–H and O–H groups in total. The van der Waals surface area contributed by atoms with Crippen molar-refractivity contribution < 1.29 is 0 Å². The van der Waals surface area contributed by atoms with Crippen LogP contribution in [-0.2, 0) is 5.41 Å². The second-order valence-corrected chi connectivity index (χ2v) is 12.1. The summed E-state index contributed by atoms with van der Waals surface area (Å²) in [6, 6.07) is 49.8. The minimum absolute atomic E-state index is 0.0819. The van der Waals surface area contributed by atoms with Gasteiger partial charge in [-0.2, -0.15) is 0 Å². The molecule has 41 heavy (non-hydrogen) atoms. The number of hydrogen-bond acceptors (Lipinski definition) is 0. The molecule has 9 rings (SSSR count). The fourth-order valence-electron chi connectivity index (χ4n) is 7.62. The van der Waals surface area contributed by atoms with Gasteiger partial charge in [0.1, 0.15) is 0 Å². The van der Waals surface area contributed by atoms with Gasteiger partial charge in [-0.25, -0.2) is 0 Å². The van der Waals surface area contributed by atoms with E-state index in [1.165, 1.54) is 87.6 Å². The van der Waals surface area contributed by atoms with Gasteiger partial charge in [-0.15, -0.1) is 0 Å². The van der Waals surface area contributed by atoms with Crippen LogP contribution in [-0.4, -0.2) is 0 Å². The molecule has 0 unspecified atom stereocenters. The van der Waals surface area contributed by atoms with Gasteiger partial charge in [0.2, 0.25) is 0 Å². The summed E-state index contributed by atoms with van der Waals surface area (Å²) < 4.78 is 0. The fraction of sp³-hybridized carbons (Fsp3) is 0.0732. The van der Waals surface area contributed by atoms with E-state index in [1.54, 1.807) is 0 Å². The van der Waals surface area contributed by atoms with Gasteiger partial charge in [-0.3, -0.25) is 0 Å². The van der Waals surface area contributed by atoms with Crippen molar-refractivity contribution in [3.63, 3.8) is 0 Å². The lowest BCUT2D eigenvalue weighted by Gasteiger charge is -2.22. The molecule has 0 aromatic heterocycles. The van der Waals surface area contributed by atoms with E-state index in [4.69, 9.17) is 0 Å². The van der Waals surface area contributed by atoms with E-state index in [0.717, 1.165) is 0 Å². The molecule has 0 spiro atoms. The van der Waals surface area contributed by atoms with Crippen LogP contribution in [0, 0.1) is 0 Å². The first-order valence-corrected chi connectivity index (χ1v) is 14.5. The van der Waals surface area contributed by atoms with Gasteiger partial charge < -0.3 is 0 Å². The molecule has 0 nitrogen and oxygen atoms in total. The van der Waals surface area contributed by atoms with E-state index in [1.807, 2.05) is 0 Å². The Labute approximate surface area is 239 Å². The van der Waals surface area contributed by atoms with Gasteiger partial charge in [0.25, 0.3) is 0 Å². The third-order valence-corrected chi connectivity index (χ3v) is 9.62. The Balaban J connectivity index is 1.28. The molecule has 0 heterocycles. The Bertz CT molecular complexity index is 2300. The summed E-state index contributed by atoms with van der Waals surface area (Å²) in [5.41, 5.74) is 10.7. The summed E-state index contributed by atoms with van der Waals surface area (Å²) in [4.78, 5) is 0. The number of rotatable bonds is 2. The molecule has 0 aliphatic heterocycles. The topological polar surface area (TPSA) is 0 Å². The highest BCUT2D eigenvalue weighted by molar-refractivity contribution is 6.25. The van der Waals surface area contributed by atoms with Gasteiger partial charge in [-0.05, 0) is 93.7 Å². The Hall–Kier alpha value is -4.94. The second-order valence-electron chi connectivity index (χ2n) is 12.1. The Morgan fingerprint density at radius 2 is 1.05 bits per heavy atom. The molecule has 0 heteroatoms. The first-order valence-electron chi connectivity index (χ1n) is 14.5. The zero-order chi connectivity index (χ0) is 27.3. The molecule has 1 aliphatic carbocycles. The summed E-state index contributed by atoms with van der Waals surface area (Å²) in [5, 5.41) is 10.7. The van der Waals surface area contributed by atoms with Gasteiger partial charge in [-0.1, -0.05) is 141 Å². The van der Waals surface area contributed by atoms with E-state index >= 15 is 0 Å². The highest BCUT2D eigenvalue weighted by atomic mass is 14.4. The average molecular weight is 521 g/mol. The SMILES string of the molecule is CC1(C)c2cc(-c3ccc4ccc5cccc6ccc3c4c56)ccc2-c2c1ccc1c(-c3ccccc3)cccc21. The lowest BCUT2D eigenvalue weighted by molar-refractivity contribution is 0.661. The maximum Gasteiger partial charge on any atom is 0.0159 e. The molecule has 0 saturated heterocycles. The van der Waals surface area contributed by atoms with Crippen molar-refractivity contribution in [2.24, 2.45) is 0 Å². The Morgan fingerprint density at radius 3 is 1.88 bits per heavy atom. The average Bonchev–Trinajstić information content (AvgIpc) is 3.26. The highest BCUT2D eigenvalue weighted by Crippen LogP contribution is 2.53. The van der Waals surface area contributed by atoms with Gasteiger partial charge in [0, 0.05) is 5.41 Å². The monoisotopic (exact) mass is 520 g/mol. The van der Waals surface area contributed by atoms with Crippen molar-refractivity contribution >= 4 is 43.1 Å². The van der Waals surface area contributed by atoms with Crippen LogP contribution in [0.3, 0.4) is 0 Å². The number of benzene rings is 8. The Kier molecular flexibility index (Phi) is 4.49. The van der Waals surface area contributed by atoms with Crippen LogP contribution in [0.25, 0.3) is 76.5 Å². The quantitative estimate of drug-likeness (QED) is 0.199. The molecule has 192 valence electrons. The smallest absolute Gasteiger partial charge is 0.0159 e. The van der Waals surface area contributed by atoms with Crippen molar-refractivity contribution in [2.75, 3.05) is 0 Å². The van der Waals surface area contributed by atoms with E-state index in [9.17, 15) is 0 Å². The standard InChI is InChI=1S/C41H28/c1-41(2)36-23-22-32-30(25-8-4-3-5-9-25)12-7-13-33(32)40(36)35-21-18-29(24-37(35)41)31-19-16-28-15-14-26-10-6-11-27-17-20-34(31)39(28)38(26)27/h3-24H,1-2H3. The molecule has 0 saturated carbocycles. The molecule has 0 radical (unpaired) electrons. The molecule has 0 bridgehead atoms. The van der Waals surface area contributed by atoms with E-state index in [2.05, 4.69) is 147 Å². The number of fused-ring (bicyclic) bond motifs is 5. The van der Waals surface area contributed by atoms with Crippen LogP contribution in [0.1, 0.15) is 25.0 Å². The zero-order valence-corrected chi connectivity index (χ0v) is 23.2. The van der Waals surface area contributed by atoms with Crippen LogP contribution in [0.2, 0.25) is 0 Å². The van der Waals surface area contributed by atoms with Gasteiger partial charge in [0.15, 0.2) is 0 Å². The fourth-order valence-corrected chi connectivity index (χ4v) is 7.62. The third kappa shape index (κ3) is 3.05. The second kappa shape index (κ2) is 8.05. The summed E-state index contributed by atoms with van der Waals surface area (Å²) >= 11 is 0. The van der Waals surface area contributed by atoms with Crippen molar-refractivity contribution in [1.29, 1.82) is 0 Å². The van der Waals surface area contributed by atoms with Crippen LogP contribution in [0.15, 0.2) is 133 Å². The highest BCUT2D eigenvalue weighted by Gasteiger charge is 2.37. The largest absolute Gasteiger partial charge is 0.0622 e. The molecule has 0 amide bonds. The molecule has 1 aliphatic rings. The maximum absolute atomic E-state index is 2.47. The van der Waals surface area contributed by atoms with Gasteiger partial charge >= 0.3 is 0 Å². The van der Waals surface area contributed by atoms with Gasteiger partial charge in [0.05, 0.1) is 0 Å². The van der Waals surface area contributed by atoms with Crippen molar-refractivity contribution in [3.8, 4) is 33.4 Å². The lowest BCUT2D eigenvalue weighted by atomic mass is 9.80. The van der Waals surface area contributed by atoms with Crippen molar-refractivity contribution in [3.05, 3.63) is 145 Å². The Morgan fingerprint density at radius 1 is 0.390 bits per heavy atom. The molecule has 0 fully saturated rings. The maximum atomic E-state index is 2.47. The summed E-state index contributed by atoms with van der Waals surface area (Å²) in [6.07, 6.45) is 0. The molecular weight excluding hydrogens is 492 g/mol. The molecule has 0 atom stereocenters. The first-order chi connectivity index (χ1) is 20.1. The van der Waals surface area contributed by atoms with Crippen LogP contribution < -0.4 is 0 Å². The lowest BCUT2D eigenvalue weighted by Crippen LogP contribution is -2.15. The molecule has 8 aromatic rings. The zero-order valence-electron chi connectivity index (χ0n) is 23.2. The molecule has 8 aromatic carbocycles. The summed E-state index contributed by atoms with van der Waals surface area (Å²) in [6.45, 7) is 4.77. The minimum Gasteiger partial charge on any atom is -0.0622 e.